The van der Waals surface area contributed by atoms with Crippen molar-refractivity contribution in [1.82, 2.24) is 4.98 Å². The van der Waals surface area contributed by atoms with E-state index in [4.69, 9.17) is 0 Å². The van der Waals surface area contributed by atoms with Gasteiger partial charge in [-0.2, -0.15) is 0 Å². The first-order chi connectivity index (χ1) is 9.20. The van der Waals surface area contributed by atoms with Gasteiger partial charge in [-0.15, -0.1) is 0 Å². The number of aromatic nitrogens is 1. The van der Waals surface area contributed by atoms with Gasteiger partial charge in [0.2, 0.25) is 0 Å². The molecule has 2 nitrogen and oxygen atoms in total. The topological polar surface area (TPSA) is 24.9 Å². The summed E-state index contributed by atoms with van der Waals surface area (Å²) in [4.78, 5) is 4.62. The van der Waals surface area contributed by atoms with Gasteiger partial charge in [-0.3, -0.25) is 0 Å². The fraction of sp³-hybridized carbons (Fsp3) is 0.118. The standard InChI is InChI=1S/C17H16N2/c1-12-9-13(2)11-15(10-12)18-17-8-7-14-5-3-4-6-16(14)19-17/h3-11H,1-2H3,(H,18,19). The van der Waals surface area contributed by atoms with Gasteiger partial charge in [-0.05, 0) is 55.3 Å². The average molecular weight is 248 g/mol. The number of nitrogens with one attached hydrogen (secondary N) is 1. The molecule has 0 saturated carbocycles. The van der Waals surface area contributed by atoms with Crippen molar-refractivity contribution in [3.8, 4) is 0 Å². The quantitative estimate of drug-likeness (QED) is 0.717. The SMILES string of the molecule is Cc1cc(C)cc(Nc2ccc3ccccc3n2)c1. The number of benzene rings is 2. The summed E-state index contributed by atoms with van der Waals surface area (Å²) >= 11 is 0. The van der Waals surface area contributed by atoms with Gasteiger partial charge in [0.25, 0.3) is 0 Å². The summed E-state index contributed by atoms with van der Waals surface area (Å²) < 4.78 is 0. The Morgan fingerprint density at radius 2 is 1.58 bits per heavy atom. The van der Waals surface area contributed by atoms with Crippen LogP contribution >= 0.6 is 0 Å². The first-order valence-corrected chi connectivity index (χ1v) is 6.42. The van der Waals surface area contributed by atoms with Crippen molar-refractivity contribution in [2.24, 2.45) is 0 Å². The lowest BCUT2D eigenvalue weighted by molar-refractivity contribution is 1.34. The number of hydrogen-bond donors (Lipinski definition) is 1. The Kier molecular flexibility index (Phi) is 2.92. The average Bonchev–Trinajstić information content (AvgIpc) is 2.37. The highest BCUT2D eigenvalue weighted by atomic mass is 15.0. The Hall–Kier alpha value is -2.35. The minimum absolute atomic E-state index is 0.878. The Labute approximate surface area is 113 Å². The van der Waals surface area contributed by atoms with Crippen LogP contribution in [0.5, 0.6) is 0 Å². The number of hydrogen-bond acceptors (Lipinski definition) is 2. The van der Waals surface area contributed by atoms with Crippen LogP contribution in [0.25, 0.3) is 10.9 Å². The van der Waals surface area contributed by atoms with E-state index < -0.39 is 0 Å². The maximum absolute atomic E-state index is 4.62. The van der Waals surface area contributed by atoms with E-state index in [0.29, 0.717) is 0 Å². The van der Waals surface area contributed by atoms with E-state index in [1.807, 2.05) is 24.3 Å². The van der Waals surface area contributed by atoms with E-state index in [0.717, 1.165) is 22.4 Å². The third-order valence-electron chi connectivity index (χ3n) is 3.09. The molecule has 0 fully saturated rings. The second-order valence-corrected chi connectivity index (χ2v) is 4.89. The third kappa shape index (κ3) is 2.58. The largest absolute Gasteiger partial charge is 0.340 e. The summed E-state index contributed by atoms with van der Waals surface area (Å²) in [6, 6.07) is 18.7. The molecule has 0 unspecified atom stereocenters. The van der Waals surface area contributed by atoms with Gasteiger partial charge < -0.3 is 5.32 Å². The second kappa shape index (κ2) is 4.73. The van der Waals surface area contributed by atoms with E-state index in [1.54, 1.807) is 0 Å². The number of rotatable bonds is 2. The fourth-order valence-corrected chi connectivity index (χ4v) is 2.33. The number of fused-ring (bicyclic) bond motifs is 1. The van der Waals surface area contributed by atoms with Crippen molar-refractivity contribution < 1.29 is 0 Å². The predicted octanol–water partition coefficient (Wildman–Crippen LogP) is 4.60. The Morgan fingerprint density at radius 3 is 2.37 bits per heavy atom. The summed E-state index contributed by atoms with van der Waals surface area (Å²) in [6.07, 6.45) is 0. The van der Waals surface area contributed by atoms with Crippen LogP contribution in [0.1, 0.15) is 11.1 Å². The molecule has 0 amide bonds. The molecule has 0 aliphatic heterocycles. The molecule has 0 bridgehead atoms. The fourth-order valence-electron chi connectivity index (χ4n) is 2.33. The van der Waals surface area contributed by atoms with E-state index in [1.165, 1.54) is 11.1 Å². The zero-order valence-corrected chi connectivity index (χ0v) is 11.1. The van der Waals surface area contributed by atoms with Crippen molar-refractivity contribution in [1.29, 1.82) is 0 Å². The predicted molar refractivity (Wildman–Crippen MR) is 80.9 cm³/mol. The highest BCUT2D eigenvalue weighted by Crippen LogP contribution is 2.20. The van der Waals surface area contributed by atoms with E-state index in [9.17, 15) is 0 Å². The van der Waals surface area contributed by atoms with Gasteiger partial charge in [0.15, 0.2) is 0 Å². The third-order valence-corrected chi connectivity index (χ3v) is 3.09. The van der Waals surface area contributed by atoms with Gasteiger partial charge >= 0.3 is 0 Å². The smallest absolute Gasteiger partial charge is 0.131 e. The van der Waals surface area contributed by atoms with Crippen molar-refractivity contribution in [3.05, 3.63) is 65.7 Å². The van der Waals surface area contributed by atoms with Crippen LogP contribution in [0, 0.1) is 13.8 Å². The van der Waals surface area contributed by atoms with E-state index in [-0.39, 0.29) is 0 Å². The molecule has 1 aromatic heterocycles. The van der Waals surface area contributed by atoms with Crippen molar-refractivity contribution in [2.75, 3.05) is 5.32 Å². The highest BCUT2D eigenvalue weighted by Gasteiger charge is 2.00. The number of pyridine rings is 1. The number of para-hydroxylation sites is 1. The maximum atomic E-state index is 4.62. The van der Waals surface area contributed by atoms with Crippen molar-refractivity contribution in [2.45, 2.75) is 13.8 Å². The lowest BCUT2D eigenvalue weighted by Gasteiger charge is -2.08. The molecule has 1 heterocycles. The maximum Gasteiger partial charge on any atom is 0.131 e. The van der Waals surface area contributed by atoms with Crippen LogP contribution in [-0.2, 0) is 0 Å². The molecule has 0 aliphatic carbocycles. The molecule has 19 heavy (non-hydrogen) atoms. The zero-order valence-electron chi connectivity index (χ0n) is 11.1. The Balaban J connectivity index is 1.96. The summed E-state index contributed by atoms with van der Waals surface area (Å²) in [6.45, 7) is 4.21. The van der Waals surface area contributed by atoms with Gasteiger partial charge in [-0.1, -0.05) is 24.3 Å². The summed E-state index contributed by atoms with van der Waals surface area (Å²) in [5, 5.41) is 4.53. The minimum atomic E-state index is 0.878. The molecule has 0 aliphatic rings. The number of nitrogens with zero attached hydrogens (tertiary/aromatic N) is 1. The molecular weight excluding hydrogens is 232 g/mol. The highest BCUT2D eigenvalue weighted by molar-refractivity contribution is 5.80. The summed E-state index contributed by atoms with van der Waals surface area (Å²) in [7, 11) is 0. The van der Waals surface area contributed by atoms with Gasteiger partial charge in [-0.25, -0.2) is 4.98 Å². The molecule has 0 saturated heterocycles. The van der Waals surface area contributed by atoms with Crippen LogP contribution < -0.4 is 5.32 Å². The molecule has 0 radical (unpaired) electrons. The van der Waals surface area contributed by atoms with Crippen molar-refractivity contribution in [3.63, 3.8) is 0 Å². The number of anilines is 2. The molecule has 2 heteroatoms. The van der Waals surface area contributed by atoms with Crippen molar-refractivity contribution >= 4 is 22.4 Å². The van der Waals surface area contributed by atoms with Crippen LogP contribution in [0.2, 0.25) is 0 Å². The van der Waals surface area contributed by atoms with Crippen LogP contribution in [0.15, 0.2) is 54.6 Å². The first kappa shape index (κ1) is 11.7. The minimum Gasteiger partial charge on any atom is -0.340 e. The molecule has 0 spiro atoms. The molecular formula is C17H16N2. The molecule has 94 valence electrons. The van der Waals surface area contributed by atoms with Crippen LogP contribution in [0.3, 0.4) is 0 Å². The second-order valence-electron chi connectivity index (χ2n) is 4.89. The first-order valence-electron chi connectivity index (χ1n) is 6.42. The van der Waals surface area contributed by atoms with E-state index in [2.05, 4.69) is 54.5 Å². The Morgan fingerprint density at radius 1 is 0.842 bits per heavy atom. The lowest BCUT2D eigenvalue weighted by atomic mass is 10.1. The van der Waals surface area contributed by atoms with Crippen LogP contribution in [-0.4, -0.2) is 4.98 Å². The van der Waals surface area contributed by atoms with E-state index >= 15 is 0 Å². The van der Waals surface area contributed by atoms with Gasteiger partial charge in [0.05, 0.1) is 5.52 Å². The number of aryl methyl sites for hydroxylation is 2. The lowest BCUT2D eigenvalue weighted by Crippen LogP contribution is -1.94. The molecule has 3 rings (SSSR count). The molecule has 0 atom stereocenters. The molecule has 1 N–H and O–H groups in total. The van der Waals surface area contributed by atoms with Crippen LogP contribution in [0.4, 0.5) is 11.5 Å². The van der Waals surface area contributed by atoms with Gasteiger partial charge in [0, 0.05) is 11.1 Å². The summed E-state index contributed by atoms with van der Waals surface area (Å²) in [5.41, 5.74) is 4.60. The monoisotopic (exact) mass is 248 g/mol. The Bertz CT molecular complexity index is 712. The van der Waals surface area contributed by atoms with Gasteiger partial charge in [0.1, 0.15) is 5.82 Å². The zero-order chi connectivity index (χ0) is 13.2. The normalized spacial score (nSPS) is 10.6. The molecule has 3 aromatic rings. The molecule has 2 aromatic carbocycles. The summed E-state index contributed by atoms with van der Waals surface area (Å²) in [5.74, 6) is 0.878.